The topological polar surface area (TPSA) is 35.5 Å². The third-order valence-corrected chi connectivity index (χ3v) is 4.89. The monoisotopic (exact) mass is 368 g/mol. The summed E-state index contributed by atoms with van der Waals surface area (Å²) < 4.78 is 10.6. The molecule has 0 aliphatic carbocycles. The van der Waals surface area contributed by atoms with Crippen LogP contribution in [-0.4, -0.2) is 20.0 Å². The Bertz CT molecular complexity index is 1150. The molecule has 0 spiro atoms. The third kappa shape index (κ3) is 3.23. The lowest BCUT2D eigenvalue weighted by atomic mass is 9.96. The largest absolute Gasteiger partial charge is 0.497 e. The number of ketones is 1. The van der Waals surface area contributed by atoms with E-state index in [-0.39, 0.29) is 5.78 Å². The van der Waals surface area contributed by atoms with Crippen LogP contribution in [0.4, 0.5) is 0 Å². The van der Waals surface area contributed by atoms with Crippen molar-refractivity contribution in [2.75, 3.05) is 14.2 Å². The molecular weight excluding hydrogens is 348 g/mol. The number of rotatable bonds is 5. The van der Waals surface area contributed by atoms with E-state index >= 15 is 0 Å². The van der Waals surface area contributed by atoms with Crippen molar-refractivity contribution in [2.45, 2.75) is 0 Å². The highest BCUT2D eigenvalue weighted by Gasteiger charge is 2.12. The molecule has 0 radical (unpaired) electrons. The average Bonchev–Trinajstić information content (AvgIpc) is 2.75. The first-order valence-electron chi connectivity index (χ1n) is 9.06. The zero-order valence-electron chi connectivity index (χ0n) is 15.8. The molecule has 28 heavy (non-hydrogen) atoms. The van der Waals surface area contributed by atoms with E-state index in [0.29, 0.717) is 17.1 Å². The summed E-state index contributed by atoms with van der Waals surface area (Å²) in [7, 11) is 3.13. The number of carbonyl (C=O) groups excluding carboxylic acids is 1. The number of allylic oxidation sites excluding steroid dienone is 1. The van der Waals surface area contributed by atoms with Gasteiger partial charge in [-0.25, -0.2) is 0 Å². The van der Waals surface area contributed by atoms with Crippen LogP contribution in [0.15, 0.2) is 78.9 Å². The van der Waals surface area contributed by atoms with Crippen molar-refractivity contribution < 1.29 is 14.3 Å². The third-order valence-electron chi connectivity index (χ3n) is 4.89. The van der Waals surface area contributed by atoms with Gasteiger partial charge in [-0.1, -0.05) is 48.5 Å². The van der Waals surface area contributed by atoms with Gasteiger partial charge in [-0.2, -0.15) is 0 Å². The zero-order valence-corrected chi connectivity index (χ0v) is 15.8. The smallest absolute Gasteiger partial charge is 0.189 e. The minimum Gasteiger partial charge on any atom is -0.497 e. The van der Waals surface area contributed by atoms with Crippen molar-refractivity contribution >= 4 is 33.4 Å². The minimum atomic E-state index is -0.114. The van der Waals surface area contributed by atoms with Crippen molar-refractivity contribution in [1.29, 1.82) is 0 Å². The quantitative estimate of drug-likeness (QED) is 0.250. The first-order chi connectivity index (χ1) is 13.7. The van der Waals surface area contributed by atoms with E-state index in [1.807, 2.05) is 30.3 Å². The van der Waals surface area contributed by atoms with E-state index in [0.717, 1.165) is 27.1 Å². The summed E-state index contributed by atoms with van der Waals surface area (Å²) in [6.07, 6.45) is 3.51. The fourth-order valence-corrected chi connectivity index (χ4v) is 3.48. The first kappa shape index (κ1) is 17.8. The standard InChI is InChI=1S/C25H20O3/c1-27-19-11-12-23(25(16-19)28-2)24(26)14-13-22-20-9-5-3-7-17(20)15-18-8-4-6-10-21(18)22/h3-16H,1-2H3/b14-13+. The average molecular weight is 368 g/mol. The van der Waals surface area contributed by atoms with E-state index < -0.39 is 0 Å². The fourth-order valence-electron chi connectivity index (χ4n) is 3.48. The lowest BCUT2D eigenvalue weighted by molar-refractivity contribution is 0.104. The number of hydrogen-bond acceptors (Lipinski definition) is 3. The van der Waals surface area contributed by atoms with E-state index in [1.54, 1.807) is 38.5 Å². The van der Waals surface area contributed by atoms with Crippen LogP contribution in [0.3, 0.4) is 0 Å². The lowest BCUT2D eigenvalue weighted by Crippen LogP contribution is -1.99. The van der Waals surface area contributed by atoms with Gasteiger partial charge in [0.05, 0.1) is 19.8 Å². The van der Waals surface area contributed by atoms with Crippen LogP contribution < -0.4 is 9.47 Å². The van der Waals surface area contributed by atoms with Gasteiger partial charge in [-0.05, 0) is 57.5 Å². The Kier molecular flexibility index (Phi) is 4.81. The predicted octanol–water partition coefficient (Wildman–Crippen LogP) is 5.91. The molecule has 0 fully saturated rings. The van der Waals surface area contributed by atoms with Crippen LogP contribution in [0.25, 0.3) is 27.6 Å². The van der Waals surface area contributed by atoms with Gasteiger partial charge in [0.2, 0.25) is 0 Å². The lowest BCUT2D eigenvalue weighted by Gasteiger charge is -2.09. The summed E-state index contributed by atoms with van der Waals surface area (Å²) in [5, 5.41) is 4.53. The Hall–Kier alpha value is -3.59. The Morgan fingerprint density at radius 3 is 2.04 bits per heavy atom. The Balaban J connectivity index is 1.81. The molecule has 0 saturated heterocycles. The summed E-state index contributed by atoms with van der Waals surface area (Å²) >= 11 is 0. The Morgan fingerprint density at radius 2 is 1.43 bits per heavy atom. The molecule has 4 aromatic rings. The maximum absolute atomic E-state index is 12.9. The highest BCUT2D eigenvalue weighted by molar-refractivity contribution is 6.12. The van der Waals surface area contributed by atoms with Crippen molar-refractivity contribution in [3.8, 4) is 11.5 Å². The number of methoxy groups -OCH3 is 2. The molecular formula is C25H20O3. The Morgan fingerprint density at radius 1 is 0.786 bits per heavy atom. The molecule has 4 aromatic carbocycles. The number of fused-ring (bicyclic) bond motifs is 2. The van der Waals surface area contributed by atoms with Crippen LogP contribution in [0.2, 0.25) is 0 Å². The molecule has 0 aromatic heterocycles. The SMILES string of the molecule is COc1ccc(C(=O)/C=C/c2c3ccccc3cc3ccccc23)c(OC)c1. The van der Waals surface area contributed by atoms with Crippen molar-refractivity contribution in [3.05, 3.63) is 90.0 Å². The number of hydrogen-bond donors (Lipinski definition) is 0. The number of ether oxygens (including phenoxy) is 2. The maximum atomic E-state index is 12.9. The van der Waals surface area contributed by atoms with Crippen LogP contribution in [0.1, 0.15) is 15.9 Å². The molecule has 0 aliphatic heterocycles. The van der Waals surface area contributed by atoms with E-state index in [4.69, 9.17) is 9.47 Å². The van der Waals surface area contributed by atoms with E-state index in [9.17, 15) is 4.79 Å². The number of benzene rings is 4. The van der Waals surface area contributed by atoms with Crippen molar-refractivity contribution in [1.82, 2.24) is 0 Å². The van der Waals surface area contributed by atoms with Gasteiger partial charge in [0.15, 0.2) is 5.78 Å². The van der Waals surface area contributed by atoms with Crippen LogP contribution >= 0.6 is 0 Å². The fraction of sp³-hybridized carbons (Fsp3) is 0.0800. The molecule has 0 aliphatic rings. The van der Waals surface area contributed by atoms with Crippen LogP contribution in [0.5, 0.6) is 11.5 Å². The summed E-state index contributed by atoms with van der Waals surface area (Å²) in [6, 6.07) is 23.8. The normalized spacial score (nSPS) is 11.2. The molecule has 0 bridgehead atoms. The van der Waals surface area contributed by atoms with Gasteiger partial charge in [0.1, 0.15) is 11.5 Å². The number of carbonyl (C=O) groups is 1. The molecule has 0 heterocycles. The molecule has 0 atom stereocenters. The van der Waals surface area contributed by atoms with Crippen LogP contribution in [0, 0.1) is 0 Å². The highest BCUT2D eigenvalue weighted by atomic mass is 16.5. The van der Waals surface area contributed by atoms with E-state index in [1.165, 1.54) is 0 Å². The molecule has 0 saturated carbocycles. The zero-order chi connectivity index (χ0) is 19.5. The van der Waals surface area contributed by atoms with Gasteiger partial charge >= 0.3 is 0 Å². The molecule has 0 amide bonds. The maximum Gasteiger partial charge on any atom is 0.189 e. The molecule has 3 nitrogen and oxygen atoms in total. The van der Waals surface area contributed by atoms with Gasteiger partial charge in [-0.3, -0.25) is 4.79 Å². The Labute approximate surface area is 163 Å². The molecule has 3 heteroatoms. The predicted molar refractivity (Wildman–Crippen MR) is 114 cm³/mol. The molecule has 138 valence electrons. The summed E-state index contributed by atoms with van der Waals surface area (Å²) in [6.45, 7) is 0. The van der Waals surface area contributed by atoms with Gasteiger partial charge < -0.3 is 9.47 Å². The summed E-state index contributed by atoms with van der Waals surface area (Å²) in [4.78, 5) is 12.9. The second kappa shape index (κ2) is 7.57. The van der Waals surface area contributed by atoms with Gasteiger partial charge in [0.25, 0.3) is 0 Å². The second-order valence-electron chi connectivity index (χ2n) is 6.50. The van der Waals surface area contributed by atoms with Crippen LogP contribution in [-0.2, 0) is 0 Å². The first-order valence-corrected chi connectivity index (χ1v) is 9.06. The minimum absolute atomic E-state index is 0.114. The molecule has 0 unspecified atom stereocenters. The van der Waals surface area contributed by atoms with Gasteiger partial charge in [-0.15, -0.1) is 0 Å². The molecule has 0 N–H and O–H groups in total. The summed E-state index contributed by atoms with van der Waals surface area (Å²) in [5.41, 5.74) is 1.54. The van der Waals surface area contributed by atoms with Crippen molar-refractivity contribution in [3.63, 3.8) is 0 Å². The molecule has 4 rings (SSSR count). The highest BCUT2D eigenvalue weighted by Crippen LogP contribution is 2.30. The van der Waals surface area contributed by atoms with Crippen molar-refractivity contribution in [2.24, 2.45) is 0 Å². The second-order valence-corrected chi connectivity index (χ2v) is 6.50. The summed E-state index contributed by atoms with van der Waals surface area (Å²) in [5.74, 6) is 1.03. The van der Waals surface area contributed by atoms with E-state index in [2.05, 4.69) is 30.3 Å². The van der Waals surface area contributed by atoms with Gasteiger partial charge in [0, 0.05) is 6.07 Å².